The van der Waals surface area contributed by atoms with E-state index in [1.165, 1.54) is 16.7 Å². The van der Waals surface area contributed by atoms with Crippen LogP contribution in [0.1, 0.15) is 22.7 Å². The maximum absolute atomic E-state index is 5.70. The fraction of sp³-hybridized carbons (Fsp3) is 0.400. The second kappa shape index (κ2) is 7.69. The van der Waals surface area contributed by atoms with E-state index in [9.17, 15) is 0 Å². The molecule has 0 radical (unpaired) electrons. The minimum atomic E-state index is 0.189. The average molecular weight is 326 g/mol. The Balaban J connectivity index is 2.09. The second-order valence-corrected chi connectivity index (χ2v) is 6.15. The Morgan fingerprint density at radius 3 is 2.38 bits per heavy atom. The largest absolute Gasteiger partial charge is 0.497 e. The Labute approximate surface area is 144 Å². The van der Waals surface area contributed by atoms with Crippen LogP contribution in [0.4, 0.5) is 0 Å². The Morgan fingerprint density at radius 2 is 1.71 bits per heavy atom. The highest BCUT2D eigenvalue weighted by atomic mass is 16.5. The monoisotopic (exact) mass is 326 g/mol. The van der Waals surface area contributed by atoms with Crippen molar-refractivity contribution in [3.63, 3.8) is 0 Å². The number of methoxy groups -OCH3 is 2. The third-order valence-electron chi connectivity index (χ3n) is 4.74. The Hall–Kier alpha value is -2.04. The number of piperazine rings is 1. The van der Waals surface area contributed by atoms with Gasteiger partial charge in [0.05, 0.1) is 20.3 Å². The zero-order chi connectivity index (χ0) is 16.9. The van der Waals surface area contributed by atoms with Crippen molar-refractivity contribution in [3.05, 3.63) is 59.2 Å². The molecule has 4 heteroatoms. The third kappa shape index (κ3) is 3.40. The van der Waals surface area contributed by atoms with E-state index in [4.69, 9.17) is 9.47 Å². The second-order valence-electron chi connectivity index (χ2n) is 6.15. The van der Waals surface area contributed by atoms with Crippen molar-refractivity contribution in [2.75, 3.05) is 40.4 Å². The maximum Gasteiger partial charge on any atom is 0.127 e. The van der Waals surface area contributed by atoms with E-state index in [2.05, 4.69) is 47.5 Å². The fourth-order valence-corrected chi connectivity index (χ4v) is 3.44. The fourth-order valence-electron chi connectivity index (χ4n) is 3.44. The van der Waals surface area contributed by atoms with Gasteiger partial charge in [-0.3, -0.25) is 4.90 Å². The minimum absolute atomic E-state index is 0.189. The van der Waals surface area contributed by atoms with Gasteiger partial charge in [0.15, 0.2) is 0 Å². The molecule has 2 aromatic rings. The van der Waals surface area contributed by atoms with Crippen molar-refractivity contribution < 1.29 is 9.47 Å². The molecule has 0 amide bonds. The Kier molecular flexibility index (Phi) is 5.38. The van der Waals surface area contributed by atoms with Crippen LogP contribution in [0.2, 0.25) is 0 Å². The first-order chi connectivity index (χ1) is 11.7. The number of hydrogen-bond donors (Lipinski definition) is 1. The topological polar surface area (TPSA) is 33.7 Å². The average Bonchev–Trinajstić information content (AvgIpc) is 2.64. The predicted octanol–water partition coefficient (Wildman–Crippen LogP) is 3.01. The molecule has 24 heavy (non-hydrogen) atoms. The summed E-state index contributed by atoms with van der Waals surface area (Å²) in [5, 5.41) is 3.44. The van der Waals surface area contributed by atoms with Gasteiger partial charge in [-0.05, 0) is 30.2 Å². The van der Waals surface area contributed by atoms with Crippen LogP contribution in [0.5, 0.6) is 11.5 Å². The van der Waals surface area contributed by atoms with Gasteiger partial charge in [0.25, 0.3) is 0 Å². The Bertz CT molecular complexity index is 681. The summed E-state index contributed by atoms with van der Waals surface area (Å²) in [6, 6.07) is 14.9. The van der Waals surface area contributed by atoms with Crippen LogP contribution >= 0.6 is 0 Å². The quantitative estimate of drug-likeness (QED) is 0.916. The van der Waals surface area contributed by atoms with Crippen LogP contribution in [0.25, 0.3) is 0 Å². The van der Waals surface area contributed by atoms with Gasteiger partial charge in [0.2, 0.25) is 0 Å². The number of hydrogen-bond acceptors (Lipinski definition) is 4. The predicted molar refractivity (Wildman–Crippen MR) is 97.0 cm³/mol. The SMILES string of the molecule is COc1ccc(C(c2ccccc2C)N2CCNCC2)c(OC)c1. The number of ether oxygens (including phenoxy) is 2. The smallest absolute Gasteiger partial charge is 0.127 e. The molecule has 1 aliphatic rings. The van der Waals surface area contributed by atoms with Crippen LogP contribution in [0, 0.1) is 6.92 Å². The van der Waals surface area contributed by atoms with Gasteiger partial charge in [0, 0.05) is 37.8 Å². The number of rotatable bonds is 5. The van der Waals surface area contributed by atoms with E-state index in [-0.39, 0.29) is 6.04 Å². The van der Waals surface area contributed by atoms with Gasteiger partial charge in [0.1, 0.15) is 11.5 Å². The number of aryl methyl sites for hydroxylation is 1. The summed E-state index contributed by atoms with van der Waals surface area (Å²) in [6.45, 7) is 6.25. The molecule has 1 aliphatic heterocycles. The van der Waals surface area contributed by atoms with E-state index in [0.717, 1.165) is 37.7 Å². The van der Waals surface area contributed by atoms with Gasteiger partial charge < -0.3 is 14.8 Å². The van der Waals surface area contributed by atoms with Gasteiger partial charge in [-0.25, -0.2) is 0 Å². The van der Waals surface area contributed by atoms with Crippen molar-refractivity contribution in [2.45, 2.75) is 13.0 Å². The molecule has 1 atom stereocenters. The van der Waals surface area contributed by atoms with E-state index in [1.54, 1.807) is 14.2 Å². The molecule has 1 saturated heterocycles. The molecule has 0 spiro atoms. The van der Waals surface area contributed by atoms with Crippen LogP contribution in [-0.4, -0.2) is 45.3 Å². The molecule has 2 aromatic carbocycles. The van der Waals surface area contributed by atoms with Gasteiger partial charge in [-0.2, -0.15) is 0 Å². The van der Waals surface area contributed by atoms with Crippen LogP contribution in [-0.2, 0) is 0 Å². The zero-order valence-electron chi connectivity index (χ0n) is 14.7. The lowest BCUT2D eigenvalue weighted by Crippen LogP contribution is -2.45. The molecule has 0 bridgehead atoms. The van der Waals surface area contributed by atoms with Gasteiger partial charge >= 0.3 is 0 Å². The molecule has 1 N–H and O–H groups in total. The summed E-state index contributed by atoms with van der Waals surface area (Å²) in [7, 11) is 3.41. The molecule has 0 aromatic heterocycles. The molecular formula is C20H26N2O2. The lowest BCUT2D eigenvalue weighted by atomic mass is 9.92. The highest BCUT2D eigenvalue weighted by Crippen LogP contribution is 2.38. The summed E-state index contributed by atoms with van der Waals surface area (Å²) in [4.78, 5) is 2.53. The van der Waals surface area contributed by atoms with E-state index in [0.29, 0.717) is 0 Å². The number of benzene rings is 2. The van der Waals surface area contributed by atoms with Gasteiger partial charge in [-0.15, -0.1) is 0 Å². The molecule has 4 nitrogen and oxygen atoms in total. The summed E-state index contributed by atoms with van der Waals surface area (Å²) in [6.07, 6.45) is 0. The summed E-state index contributed by atoms with van der Waals surface area (Å²) >= 11 is 0. The van der Waals surface area contributed by atoms with E-state index < -0.39 is 0 Å². The molecule has 3 rings (SSSR count). The van der Waals surface area contributed by atoms with E-state index >= 15 is 0 Å². The van der Waals surface area contributed by atoms with Crippen molar-refractivity contribution >= 4 is 0 Å². The first kappa shape index (κ1) is 16.8. The summed E-state index contributed by atoms with van der Waals surface area (Å²) < 4.78 is 11.1. The molecule has 0 aliphatic carbocycles. The Morgan fingerprint density at radius 1 is 0.958 bits per heavy atom. The lowest BCUT2D eigenvalue weighted by molar-refractivity contribution is 0.195. The molecule has 128 valence electrons. The maximum atomic E-state index is 5.70. The molecule has 1 unspecified atom stereocenters. The van der Waals surface area contributed by atoms with Crippen molar-refractivity contribution in [2.24, 2.45) is 0 Å². The highest BCUT2D eigenvalue weighted by Gasteiger charge is 2.27. The first-order valence-corrected chi connectivity index (χ1v) is 8.47. The minimum Gasteiger partial charge on any atom is -0.497 e. The van der Waals surface area contributed by atoms with Crippen molar-refractivity contribution in [3.8, 4) is 11.5 Å². The first-order valence-electron chi connectivity index (χ1n) is 8.47. The molecular weight excluding hydrogens is 300 g/mol. The van der Waals surface area contributed by atoms with E-state index in [1.807, 2.05) is 12.1 Å². The lowest BCUT2D eigenvalue weighted by Gasteiger charge is -2.36. The number of nitrogens with zero attached hydrogens (tertiary/aromatic N) is 1. The standard InChI is InChI=1S/C20H26N2O2/c1-15-6-4-5-7-17(15)20(22-12-10-21-11-13-22)18-9-8-16(23-2)14-19(18)24-3/h4-9,14,20-21H,10-13H2,1-3H3. The molecule has 0 saturated carbocycles. The summed E-state index contributed by atoms with van der Waals surface area (Å²) in [5.41, 5.74) is 3.83. The normalized spacial score (nSPS) is 16.6. The van der Waals surface area contributed by atoms with Crippen LogP contribution < -0.4 is 14.8 Å². The molecule has 1 fully saturated rings. The van der Waals surface area contributed by atoms with Crippen molar-refractivity contribution in [1.29, 1.82) is 0 Å². The van der Waals surface area contributed by atoms with Crippen molar-refractivity contribution in [1.82, 2.24) is 10.2 Å². The van der Waals surface area contributed by atoms with Crippen LogP contribution in [0.15, 0.2) is 42.5 Å². The van der Waals surface area contributed by atoms with Crippen LogP contribution in [0.3, 0.4) is 0 Å². The third-order valence-corrected chi connectivity index (χ3v) is 4.74. The molecule has 1 heterocycles. The van der Waals surface area contributed by atoms with Gasteiger partial charge in [-0.1, -0.05) is 24.3 Å². The number of nitrogens with one attached hydrogen (secondary N) is 1. The zero-order valence-corrected chi connectivity index (χ0v) is 14.7. The summed E-state index contributed by atoms with van der Waals surface area (Å²) in [5.74, 6) is 1.69. The highest BCUT2D eigenvalue weighted by molar-refractivity contribution is 5.47.